The first-order valence-electron chi connectivity index (χ1n) is 8.25. The van der Waals surface area contributed by atoms with Gasteiger partial charge in [-0.15, -0.1) is 0 Å². The molecule has 0 saturated heterocycles. The van der Waals surface area contributed by atoms with Crippen LogP contribution in [0.5, 0.6) is 0 Å². The molecule has 0 N–H and O–H groups in total. The molecule has 0 aromatic rings. The Morgan fingerprint density at radius 1 is 0.800 bits per heavy atom. The standard InChI is InChI=1S/C19H31.Hg/c1-3-5-7-9-11-13-15-17-19-18-16-14-12-10-8-6-4-2;/h10,12,14,16,18-19H,1,4-9,11,13,15,17H2,2H3;/b12-10-,16-14+,19-18-;. The molecule has 0 saturated carbocycles. The van der Waals surface area contributed by atoms with Crippen molar-refractivity contribution in [1.29, 1.82) is 0 Å². The Labute approximate surface area is 143 Å². The van der Waals surface area contributed by atoms with Gasteiger partial charge in [-0.2, -0.15) is 0 Å². The topological polar surface area (TPSA) is 0 Å². The minimum Gasteiger partial charge on any atom is -0.0845 e. The van der Waals surface area contributed by atoms with E-state index in [9.17, 15) is 0 Å². The summed E-state index contributed by atoms with van der Waals surface area (Å²) in [6, 6.07) is 0. The minimum absolute atomic E-state index is 0.796. The molecule has 0 aliphatic rings. The van der Waals surface area contributed by atoms with Gasteiger partial charge in [0, 0.05) is 0 Å². The summed E-state index contributed by atoms with van der Waals surface area (Å²) in [6.45, 7) is 6.26. The number of unbranched alkanes of at least 4 members (excludes halogenated alkanes) is 7. The van der Waals surface area contributed by atoms with E-state index in [-0.39, 0.29) is 0 Å². The van der Waals surface area contributed by atoms with Crippen LogP contribution in [0.2, 0.25) is 0 Å². The van der Waals surface area contributed by atoms with Gasteiger partial charge in [0.15, 0.2) is 0 Å². The van der Waals surface area contributed by atoms with E-state index < -0.39 is 0 Å². The van der Waals surface area contributed by atoms with Gasteiger partial charge in [0.1, 0.15) is 0 Å². The number of rotatable bonds is 13. The monoisotopic (exact) mass is 461 g/mol. The fourth-order valence-corrected chi connectivity index (χ4v) is 2.94. The van der Waals surface area contributed by atoms with Crippen molar-refractivity contribution >= 4 is 0 Å². The Hall–Kier alpha value is -0.105. The maximum absolute atomic E-state index is 4.02. The molecule has 1 heteroatoms. The van der Waals surface area contributed by atoms with E-state index in [1.165, 1.54) is 67.3 Å². The molecule has 0 aromatic carbocycles. The number of hydrogen-bond donors (Lipinski definition) is 0. The van der Waals surface area contributed by atoms with Crippen LogP contribution in [0.3, 0.4) is 0 Å². The van der Waals surface area contributed by atoms with Crippen LogP contribution in [0.1, 0.15) is 71.1 Å². The molecule has 0 heterocycles. The Morgan fingerprint density at radius 3 is 1.95 bits per heavy atom. The van der Waals surface area contributed by atoms with E-state index in [2.05, 4.69) is 50.0 Å². The summed E-state index contributed by atoms with van der Waals surface area (Å²) in [5.74, 6) is 0. The van der Waals surface area contributed by atoms with Crippen LogP contribution in [0.15, 0.2) is 46.1 Å². The molecule has 0 rings (SSSR count). The second-order valence-corrected chi connectivity index (χ2v) is 9.33. The van der Waals surface area contributed by atoms with E-state index >= 15 is 0 Å². The van der Waals surface area contributed by atoms with Gasteiger partial charge in [0.25, 0.3) is 0 Å². The summed E-state index contributed by atoms with van der Waals surface area (Å²) in [7, 11) is 0. The van der Waals surface area contributed by atoms with Gasteiger partial charge in [-0.1, -0.05) is 31.9 Å². The van der Waals surface area contributed by atoms with Crippen molar-refractivity contribution in [2.75, 3.05) is 0 Å². The predicted molar refractivity (Wildman–Crippen MR) is 88.4 cm³/mol. The van der Waals surface area contributed by atoms with Crippen molar-refractivity contribution < 1.29 is 26.1 Å². The van der Waals surface area contributed by atoms with Crippen LogP contribution in [0.25, 0.3) is 0 Å². The molecule has 0 bridgehead atoms. The normalized spacial score (nSPS) is 12.2. The van der Waals surface area contributed by atoms with E-state index in [4.69, 9.17) is 0 Å². The van der Waals surface area contributed by atoms with Gasteiger partial charge in [0.05, 0.1) is 0 Å². The number of allylic oxidation sites excluding steroid dienone is 7. The molecule has 0 aliphatic heterocycles. The van der Waals surface area contributed by atoms with Crippen molar-refractivity contribution in [3.63, 3.8) is 0 Å². The second-order valence-electron chi connectivity index (χ2n) is 5.44. The van der Waals surface area contributed by atoms with E-state index in [1.807, 2.05) is 0 Å². The Kier molecular flexibility index (Phi) is 16.9. The summed E-state index contributed by atoms with van der Waals surface area (Å²) < 4.78 is 1.52. The minimum atomic E-state index is 0.796. The fraction of sp³-hybridized carbons (Fsp3) is 0.579. The van der Waals surface area contributed by atoms with Crippen LogP contribution in [-0.2, 0) is 26.1 Å². The number of hydrogen-bond acceptors (Lipinski definition) is 0. The Bertz CT molecular complexity index is 297. The second kappa shape index (κ2) is 16.9. The molecule has 0 spiro atoms. The van der Waals surface area contributed by atoms with Crippen molar-refractivity contribution in [2.45, 2.75) is 71.1 Å². The van der Waals surface area contributed by atoms with Crippen LogP contribution in [0.4, 0.5) is 0 Å². The molecular formula is C19H31Hg. The fourth-order valence-electron chi connectivity index (χ4n) is 1.97. The summed E-state index contributed by atoms with van der Waals surface area (Å²) in [6.07, 6.45) is 26.3. The smallest absolute Gasteiger partial charge is 0.0845 e. The molecule has 0 nitrogen and oxygen atoms in total. The first-order chi connectivity index (χ1) is 9.77. The van der Waals surface area contributed by atoms with Crippen LogP contribution in [-0.4, -0.2) is 0 Å². The molecular weight excluding hydrogens is 429 g/mol. The van der Waals surface area contributed by atoms with Gasteiger partial charge in [-0.25, -0.2) is 0 Å². The molecule has 0 atom stereocenters. The van der Waals surface area contributed by atoms with Gasteiger partial charge >= 0.3 is 105 Å². The molecule has 109 valence electrons. The molecule has 20 heavy (non-hydrogen) atoms. The third-order valence-corrected chi connectivity index (χ3v) is 4.61. The molecule has 0 unspecified atom stereocenters. The van der Waals surface area contributed by atoms with Crippen LogP contribution >= 0.6 is 0 Å². The summed E-state index contributed by atoms with van der Waals surface area (Å²) in [5, 5.41) is 0. The van der Waals surface area contributed by atoms with Gasteiger partial charge in [-0.05, 0) is 6.42 Å². The third-order valence-electron chi connectivity index (χ3n) is 3.23. The molecule has 0 amide bonds. The molecule has 0 aliphatic carbocycles. The van der Waals surface area contributed by atoms with Crippen molar-refractivity contribution in [3.8, 4) is 0 Å². The van der Waals surface area contributed by atoms with E-state index in [0.29, 0.717) is 0 Å². The quantitative estimate of drug-likeness (QED) is 0.164. The van der Waals surface area contributed by atoms with Crippen LogP contribution in [0, 0.1) is 0 Å². The Balaban J connectivity index is 3.29. The van der Waals surface area contributed by atoms with Gasteiger partial charge < -0.3 is 0 Å². The summed E-state index contributed by atoms with van der Waals surface area (Å²) in [5.41, 5.74) is 0. The average molecular weight is 460 g/mol. The first-order valence-corrected chi connectivity index (χ1v) is 11.0. The summed E-state index contributed by atoms with van der Waals surface area (Å²) >= 11 is 0.796. The zero-order valence-electron chi connectivity index (χ0n) is 13.4. The zero-order chi connectivity index (χ0) is 14.9. The van der Waals surface area contributed by atoms with Crippen molar-refractivity contribution in [2.24, 2.45) is 0 Å². The molecule has 0 aromatic heterocycles. The summed E-state index contributed by atoms with van der Waals surface area (Å²) in [4.78, 5) is 0. The predicted octanol–water partition coefficient (Wildman–Crippen LogP) is 6.64. The van der Waals surface area contributed by atoms with E-state index in [0.717, 1.165) is 26.1 Å². The third kappa shape index (κ3) is 17.9. The average Bonchev–Trinajstić information content (AvgIpc) is 2.43. The van der Waals surface area contributed by atoms with Crippen molar-refractivity contribution in [1.82, 2.24) is 0 Å². The van der Waals surface area contributed by atoms with Crippen molar-refractivity contribution in [3.05, 3.63) is 46.1 Å². The zero-order valence-corrected chi connectivity index (χ0v) is 18.9. The van der Waals surface area contributed by atoms with Crippen LogP contribution < -0.4 is 0 Å². The Morgan fingerprint density at radius 2 is 1.35 bits per heavy atom. The first kappa shape index (κ1) is 19.9. The maximum atomic E-state index is 4.02. The SMILES string of the molecule is C=[C]([Hg])CCCCCCC\C=C/C=C/C=C\CCCC. The van der Waals surface area contributed by atoms with E-state index in [1.54, 1.807) is 0 Å². The van der Waals surface area contributed by atoms with Gasteiger partial charge in [-0.3, -0.25) is 0 Å². The van der Waals surface area contributed by atoms with Gasteiger partial charge in [0.2, 0.25) is 0 Å². The molecule has 0 fully saturated rings. The molecule has 0 radical (unpaired) electrons.